The first-order valence-electron chi connectivity index (χ1n) is 18.6. The maximum absolute atomic E-state index is 6.47. The van der Waals surface area contributed by atoms with Gasteiger partial charge in [-0.15, -0.1) is 6.07 Å². The monoisotopic (exact) mass is 937 g/mol. The van der Waals surface area contributed by atoms with E-state index in [-0.39, 0.29) is 20.1 Å². The van der Waals surface area contributed by atoms with Gasteiger partial charge in [0, 0.05) is 37.9 Å². The zero-order chi connectivity index (χ0) is 36.4. The Morgan fingerprint density at radius 1 is 0.679 bits per heavy atom. The standard InChI is InChI=1S/C32H30NO.C16H20GeN.Ir/c1-22-13-15-27-28-21-26(25-11-7-4-8-12-25)14-16-30(28)34-32(27)31(22)29-20-24(17-18-33(29)2)19-23-9-5-3-6-10-23;1-13-8-6-7-9-15(13)16-11-10-14(12-18(16)5)17(2,3)4;/h4,7-8,11-18,20-21,23H,1-3,5-6,9-10,19H2;6-12H,1,5H2,2-4H3;/q2*-1;. The van der Waals surface area contributed by atoms with Crippen LogP contribution in [-0.4, -0.2) is 13.3 Å². The summed E-state index contributed by atoms with van der Waals surface area (Å²) in [7, 11) is 8.42. The summed E-state index contributed by atoms with van der Waals surface area (Å²) in [5.41, 5.74) is 11.9. The molecule has 1 saturated carbocycles. The fourth-order valence-corrected chi connectivity index (χ4v) is 9.98. The molecule has 8 rings (SSSR count). The van der Waals surface area contributed by atoms with Gasteiger partial charge in [0.05, 0.1) is 17.5 Å². The summed E-state index contributed by atoms with van der Waals surface area (Å²) in [6.07, 6.45) is 12.2. The molecular weight excluding hydrogens is 885 g/mol. The molecule has 0 aliphatic heterocycles. The summed E-state index contributed by atoms with van der Waals surface area (Å²) in [4.78, 5) is 0. The van der Waals surface area contributed by atoms with Crippen LogP contribution in [0.1, 0.15) is 48.8 Å². The molecule has 273 valence electrons. The number of aromatic nitrogens is 2. The van der Waals surface area contributed by atoms with Gasteiger partial charge in [0.2, 0.25) is 0 Å². The van der Waals surface area contributed by atoms with Crippen molar-refractivity contribution in [1.29, 1.82) is 0 Å². The molecule has 3 aromatic heterocycles. The Hall–Kier alpha value is -4.35. The Bertz CT molecular complexity index is 2350. The summed E-state index contributed by atoms with van der Waals surface area (Å²) >= 11 is -1.78. The van der Waals surface area contributed by atoms with Crippen LogP contribution in [0.25, 0.3) is 55.6 Å². The van der Waals surface area contributed by atoms with Gasteiger partial charge in [0.25, 0.3) is 0 Å². The van der Waals surface area contributed by atoms with E-state index in [1.54, 1.807) is 0 Å². The Balaban J connectivity index is 0.000000215. The largest absolute Gasteiger partial charge is 0 e. The molecule has 0 atom stereocenters. The molecule has 0 N–H and O–H groups in total. The second-order valence-corrected chi connectivity index (χ2v) is 26.1. The first kappa shape index (κ1) is 38.4. The van der Waals surface area contributed by atoms with E-state index in [9.17, 15) is 0 Å². The third-order valence-corrected chi connectivity index (χ3v) is 14.9. The van der Waals surface area contributed by atoms with Crippen LogP contribution in [0.5, 0.6) is 0 Å². The van der Waals surface area contributed by atoms with E-state index in [4.69, 9.17) is 4.42 Å². The topological polar surface area (TPSA) is 20.9 Å². The zero-order valence-electron chi connectivity index (χ0n) is 31.3. The van der Waals surface area contributed by atoms with Crippen molar-refractivity contribution in [2.24, 2.45) is 5.92 Å². The maximum Gasteiger partial charge on any atom is 0 e. The van der Waals surface area contributed by atoms with Crippen LogP contribution >= 0.6 is 0 Å². The van der Waals surface area contributed by atoms with Gasteiger partial charge in [-0.05, 0) is 35.6 Å². The van der Waals surface area contributed by atoms with Gasteiger partial charge in [0.1, 0.15) is 5.58 Å². The van der Waals surface area contributed by atoms with Crippen molar-refractivity contribution >= 4 is 39.6 Å². The van der Waals surface area contributed by atoms with E-state index in [1.807, 2.05) is 33.4 Å². The molecule has 1 radical (unpaired) electrons. The van der Waals surface area contributed by atoms with E-state index >= 15 is 0 Å². The van der Waals surface area contributed by atoms with Crippen molar-refractivity contribution in [2.45, 2.75) is 55.8 Å². The van der Waals surface area contributed by atoms with Crippen molar-refractivity contribution in [1.82, 2.24) is 0 Å². The molecule has 0 unspecified atom stereocenters. The van der Waals surface area contributed by atoms with E-state index in [0.29, 0.717) is 0 Å². The quantitative estimate of drug-likeness (QED) is 0.0925. The fourth-order valence-electron chi connectivity index (χ4n) is 7.62. The smallest absolute Gasteiger partial charge is 0 e. The average Bonchev–Trinajstić information content (AvgIpc) is 3.51. The number of benzene rings is 4. The van der Waals surface area contributed by atoms with Crippen LogP contribution in [0.4, 0.5) is 0 Å². The molecule has 0 bridgehead atoms. The number of pyridine rings is 2. The Morgan fingerprint density at radius 3 is 2.13 bits per heavy atom. The fraction of sp³-hybridized carbons (Fsp3) is 0.208. The normalized spacial score (nSPS) is 13.3. The van der Waals surface area contributed by atoms with Crippen LogP contribution in [-0.2, 0) is 26.5 Å². The van der Waals surface area contributed by atoms with Gasteiger partial charge in [0.15, 0.2) is 0 Å². The number of hydrogen-bond acceptors (Lipinski definition) is 1. The Morgan fingerprint density at radius 2 is 1.42 bits per heavy atom. The molecule has 3 nitrogen and oxygen atoms in total. The summed E-state index contributed by atoms with van der Waals surface area (Å²) < 4.78 is 11.9. The summed E-state index contributed by atoms with van der Waals surface area (Å²) in [6, 6.07) is 38.3. The molecule has 7 aromatic rings. The minimum absolute atomic E-state index is 0. The second-order valence-electron chi connectivity index (χ2n) is 15.4. The SMILES string of the molecule is [CH2-]c1ccc2c(oc3ccc(-c4ccccc4)cc32)c1-c1cc(CC2CCCCC2)cc[n+]1[CH2-].[CH2-]c1ccccc1-c1cc[c]([Ge]([CH3])([CH3])[CH3])c[n+]1[CH2-].[Ir]. The molecule has 4 aromatic carbocycles. The van der Waals surface area contributed by atoms with E-state index < -0.39 is 13.3 Å². The van der Waals surface area contributed by atoms with Gasteiger partial charge in [-0.2, -0.15) is 18.6 Å². The van der Waals surface area contributed by atoms with Crippen LogP contribution in [0, 0.1) is 33.9 Å². The predicted molar refractivity (Wildman–Crippen MR) is 221 cm³/mol. The number of fused-ring (bicyclic) bond motifs is 3. The van der Waals surface area contributed by atoms with Crippen LogP contribution in [0.2, 0.25) is 17.3 Å². The number of nitrogens with zero attached hydrogens (tertiary/aromatic N) is 2. The van der Waals surface area contributed by atoms with E-state index in [1.165, 1.54) is 53.2 Å². The van der Waals surface area contributed by atoms with Gasteiger partial charge in [-0.25, -0.2) is 0 Å². The van der Waals surface area contributed by atoms with Crippen molar-refractivity contribution in [3.05, 3.63) is 166 Å². The van der Waals surface area contributed by atoms with E-state index in [2.05, 4.69) is 143 Å². The van der Waals surface area contributed by atoms with Crippen molar-refractivity contribution < 1.29 is 33.7 Å². The molecular formula is C48H50GeIrN2O-2. The molecule has 1 aliphatic carbocycles. The minimum atomic E-state index is -1.78. The van der Waals surface area contributed by atoms with Crippen LogP contribution in [0.3, 0.4) is 0 Å². The molecule has 0 spiro atoms. The third kappa shape index (κ3) is 8.41. The molecule has 1 aliphatic rings. The molecule has 1 fully saturated rings. The van der Waals surface area contributed by atoms with Crippen molar-refractivity contribution in [3.8, 4) is 33.6 Å². The third-order valence-electron chi connectivity index (χ3n) is 10.6. The van der Waals surface area contributed by atoms with Gasteiger partial charge >= 0.3 is 113 Å². The first-order valence-corrected chi connectivity index (χ1v) is 25.9. The van der Waals surface area contributed by atoms with Gasteiger partial charge < -0.3 is 8.98 Å². The summed E-state index contributed by atoms with van der Waals surface area (Å²) in [6.45, 7) is 8.45. The van der Waals surface area contributed by atoms with Gasteiger partial charge in [-0.1, -0.05) is 91.8 Å². The van der Waals surface area contributed by atoms with Gasteiger partial charge in [-0.3, -0.25) is 0 Å². The molecule has 0 amide bonds. The number of rotatable bonds is 6. The summed E-state index contributed by atoms with van der Waals surface area (Å²) in [5.74, 6) is 7.97. The maximum atomic E-state index is 6.47. The molecule has 53 heavy (non-hydrogen) atoms. The second kappa shape index (κ2) is 16.3. The Kier molecular flexibility index (Phi) is 11.8. The van der Waals surface area contributed by atoms with Crippen LogP contribution < -0.4 is 13.5 Å². The molecule has 5 heteroatoms. The number of hydrogen-bond donors (Lipinski definition) is 0. The zero-order valence-corrected chi connectivity index (χ0v) is 35.8. The average molecular weight is 936 g/mol. The summed E-state index contributed by atoms with van der Waals surface area (Å²) in [5, 5.41) is 2.25. The molecule has 0 saturated heterocycles. The Labute approximate surface area is 332 Å². The predicted octanol–water partition coefficient (Wildman–Crippen LogP) is 11.2. The molecule has 3 heterocycles. The van der Waals surface area contributed by atoms with E-state index in [0.717, 1.165) is 67.9 Å². The first-order chi connectivity index (χ1) is 25.1. The van der Waals surface area contributed by atoms with Crippen molar-refractivity contribution in [3.63, 3.8) is 0 Å². The van der Waals surface area contributed by atoms with Crippen molar-refractivity contribution in [2.75, 3.05) is 0 Å². The van der Waals surface area contributed by atoms with Crippen LogP contribution in [0.15, 0.2) is 126 Å². The number of furan rings is 1. The minimum Gasteiger partial charge on any atom is 0 e.